The van der Waals surface area contributed by atoms with E-state index in [-0.39, 0.29) is 5.63 Å². The summed E-state index contributed by atoms with van der Waals surface area (Å²) in [4.78, 5) is 14.3. The monoisotopic (exact) mass is 265 g/mol. The SMILES string of the molecule is CN(C)c1c(-c2ccccc2)c(=O)oc2ccccc12. The molecule has 0 aliphatic rings. The van der Waals surface area contributed by atoms with Crippen molar-refractivity contribution in [3.63, 3.8) is 0 Å². The summed E-state index contributed by atoms with van der Waals surface area (Å²) >= 11 is 0. The van der Waals surface area contributed by atoms with Crippen molar-refractivity contribution in [2.75, 3.05) is 19.0 Å². The van der Waals surface area contributed by atoms with Crippen LogP contribution < -0.4 is 10.5 Å². The first-order valence-electron chi connectivity index (χ1n) is 6.47. The molecule has 0 N–H and O–H groups in total. The Morgan fingerprint density at radius 3 is 2.25 bits per heavy atom. The van der Waals surface area contributed by atoms with Crippen molar-refractivity contribution in [3.05, 3.63) is 65.0 Å². The largest absolute Gasteiger partial charge is 0.422 e. The summed E-state index contributed by atoms with van der Waals surface area (Å²) in [7, 11) is 3.88. The van der Waals surface area contributed by atoms with Crippen LogP contribution in [0.2, 0.25) is 0 Å². The molecule has 100 valence electrons. The minimum absolute atomic E-state index is 0.307. The fraction of sp³-hybridized carbons (Fsp3) is 0.118. The molecule has 0 aliphatic heterocycles. The third-order valence-electron chi connectivity index (χ3n) is 3.30. The third kappa shape index (κ3) is 1.97. The van der Waals surface area contributed by atoms with Crippen molar-refractivity contribution in [2.45, 2.75) is 0 Å². The average molecular weight is 265 g/mol. The van der Waals surface area contributed by atoms with Crippen LogP contribution in [0.5, 0.6) is 0 Å². The zero-order valence-corrected chi connectivity index (χ0v) is 11.5. The summed E-state index contributed by atoms with van der Waals surface area (Å²) in [6, 6.07) is 17.2. The van der Waals surface area contributed by atoms with Crippen molar-refractivity contribution in [3.8, 4) is 11.1 Å². The lowest BCUT2D eigenvalue weighted by molar-refractivity contribution is 0.563. The van der Waals surface area contributed by atoms with Gasteiger partial charge in [-0.05, 0) is 17.7 Å². The second kappa shape index (κ2) is 4.85. The van der Waals surface area contributed by atoms with E-state index in [9.17, 15) is 4.79 Å². The molecule has 3 aromatic rings. The molecule has 0 bridgehead atoms. The Hall–Kier alpha value is -2.55. The Labute approximate surface area is 117 Å². The van der Waals surface area contributed by atoms with Crippen molar-refractivity contribution >= 4 is 16.7 Å². The summed E-state index contributed by atoms with van der Waals surface area (Å²) in [5, 5.41) is 0.941. The Morgan fingerprint density at radius 1 is 0.900 bits per heavy atom. The maximum atomic E-state index is 12.4. The van der Waals surface area contributed by atoms with Gasteiger partial charge in [0.05, 0.1) is 11.3 Å². The van der Waals surface area contributed by atoms with Gasteiger partial charge in [0.1, 0.15) is 5.58 Å². The van der Waals surface area contributed by atoms with E-state index in [1.165, 1.54) is 0 Å². The maximum absolute atomic E-state index is 12.4. The second-order valence-electron chi connectivity index (χ2n) is 4.87. The lowest BCUT2D eigenvalue weighted by atomic mass is 10.0. The molecular weight excluding hydrogens is 250 g/mol. The molecule has 3 heteroatoms. The second-order valence-corrected chi connectivity index (χ2v) is 4.87. The van der Waals surface area contributed by atoms with Gasteiger partial charge in [0.15, 0.2) is 0 Å². The number of para-hydroxylation sites is 1. The molecule has 0 unspecified atom stereocenters. The Kier molecular flexibility index (Phi) is 3.03. The van der Waals surface area contributed by atoms with Crippen molar-refractivity contribution in [2.24, 2.45) is 0 Å². The highest BCUT2D eigenvalue weighted by molar-refractivity contribution is 5.98. The quantitative estimate of drug-likeness (QED) is 0.665. The molecule has 1 heterocycles. The number of rotatable bonds is 2. The van der Waals surface area contributed by atoms with Gasteiger partial charge in [-0.25, -0.2) is 4.79 Å². The summed E-state index contributed by atoms with van der Waals surface area (Å²) in [6.07, 6.45) is 0. The van der Waals surface area contributed by atoms with Crippen molar-refractivity contribution in [1.82, 2.24) is 0 Å². The van der Waals surface area contributed by atoms with E-state index in [2.05, 4.69) is 0 Å². The van der Waals surface area contributed by atoms with Gasteiger partial charge in [-0.3, -0.25) is 0 Å². The van der Waals surface area contributed by atoms with Crippen LogP contribution >= 0.6 is 0 Å². The predicted molar refractivity (Wildman–Crippen MR) is 82.2 cm³/mol. The van der Waals surface area contributed by atoms with E-state index in [0.29, 0.717) is 11.1 Å². The zero-order chi connectivity index (χ0) is 14.1. The van der Waals surface area contributed by atoms with Gasteiger partial charge in [0.25, 0.3) is 0 Å². The standard InChI is InChI=1S/C17H15NO2/c1-18(2)16-13-10-6-7-11-14(13)20-17(19)15(16)12-8-4-3-5-9-12/h3-11H,1-2H3. The van der Waals surface area contributed by atoms with Crippen LogP contribution in [0.3, 0.4) is 0 Å². The van der Waals surface area contributed by atoms with E-state index < -0.39 is 0 Å². The normalized spacial score (nSPS) is 10.7. The summed E-state index contributed by atoms with van der Waals surface area (Å²) < 4.78 is 5.46. The number of anilines is 1. The fourth-order valence-corrected chi connectivity index (χ4v) is 2.46. The van der Waals surface area contributed by atoms with Crippen LogP contribution in [0.1, 0.15) is 0 Å². The third-order valence-corrected chi connectivity index (χ3v) is 3.30. The highest BCUT2D eigenvalue weighted by Crippen LogP contribution is 2.33. The predicted octanol–water partition coefficient (Wildman–Crippen LogP) is 3.53. The van der Waals surface area contributed by atoms with E-state index in [1.807, 2.05) is 73.6 Å². The van der Waals surface area contributed by atoms with Crippen molar-refractivity contribution in [1.29, 1.82) is 0 Å². The summed E-state index contributed by atoms with van der Waals surface area (Å²) in [5.41, 5.74) is 2.67. The smallest absolute Gasteiger partial charge is 0.346 e. The van der Waals surface area contributed by atoms with Crippen LogP contribution in [0.25, 0.3) is 22.1 Å². The number of hydrogen-bond donors (Lipinski definition) is 0. The van der Waals surface area contributed by atoms with Gasteiger partial charge < -0.3 is 9.32 Å². The minimum Gasteiger partial charge on any atom is -0.422 e. The molecule has 0 radical (unpaired) electrons. The van der Waals surface area contributed by atoms with Crippen molar-refractivity contribution < 1.29 is 4.42 Å². The molecule has 3 nitrogen and oxygen atoms in total. The molecule has 0 atom stereocenters. The lowest BCUT2D eigenvalue weighted by Crippen LogP contribution is -2.16. The number of hydrogen-bond acceptors (Lipinski definition) is 3. The molecule has 0 amide bonds. The first-order chi connectivity index (χ1) is 9.68. The van der Waals surface area contributed by atoms with Crippen LogP contribution in [-0.4, -0.2) is 14.1 Å². The first-order valence-corrected chi connectivity index (χ1v) is 6.47. The Bertz CT molecular complexity index is 804. The summed E-state index contributed by atoms with van der Waals surface area (Å²) in [6.45, 7) is 0. The number of fused-ring (bicyclic) bond motifs is 1. The molecule has 0 fully saturated rings. The van der Waals surface area contributed by atoms with Crippen LogP contribution in [0.15, 0.2) is 63.8 Å². The van der Waals surface area contributed by atoms with Gasteiger partial charge in [-0.1, -0.05) is 42.5 Å². The van der Waals surface area contributed by atoms with Gasteiger partial charge in [0.2, 0.25) is 0 Å². The van der Waals surface area contributed by atoms with Gasteiger partial charge in [0, 0.05) is 19.5 Å². The van der Waals surface area contributed by atoms with Crippen LogP contribution in [0, 0.1) is 0 Å². The molecular formula is C17H15NO2. The first kappa shape index (κ1) is 12.5. The topological polar surface area (TPSA) is 33.5 Å². The molecule has 0 saturated carbocycles. The number of nitrogens with zero attached hydrogens (tertiary/aromatic N) is 1. The zero-order valence-electron chi connectivity index (χ0n) is 11.5. The molecule has 3 rings (SSSR count). The Morgan fingerprint density at radius 2 is 1.55 bits per heavy atom. The van der Waals surface area contributed by atoms with E-state index in [4.69, 9.17) is 4.42 Å². The lowest BCUT2D eigenvalue weighted by Gasteiger charge is -2.18. The highest BCUT2D eigenvalue weighted by Gasteiger charge is 2.17. The maximum Gasteiger partial charge on any atom is 0.346 e. The van der Waals surface area contributed by atoms with E-state index >= 15 is 0 Å². The average Bonchev–Trinajstić information content (AvgIpc) is 2.46. The minimum atomic E-state index is -0.307. The van der Waals surface area contributed by atoms with Crippen LogP contribution in [0.4, 0.5) is 5.69 Å². The molecule has 20 heavy (non-hydrogen) atoms. The molecule has 1 aromatic heterocycles. The fourth-order valence-electron chi connectivity index (χ4n) is 2.46. The molecule has 2 aromatic carbocycles. The molecule has 0 saturated heterocycles. The van der Waals surface area contributed by atoms with E-state index in [1.54, 1.807) is 0 Å². The Balaban J connectivity index is 2.45. The van der Waals surface area contributed by atoms with Gasteiger partial charge in [-0.2, -0.15) is 0 Å². The van der Waals surface area contributed by atoms with Gasteiger partial charge in [-0.15, -0.1) is 0 Å². The molecule has 0 aliphatic carbocycles. The summed E-state index contributed by atoms with van der Waals surface area (Å²) in [5.74, 6) is 0. The number of benzene rings is 2. The van der Waals surface area contributed by atoms with E-state index in [0.717, 1.165) is 16.6 Å². The molecule has 0 spiro atoms. The van der Waals surface area contributed by atoms with Gasteiger partial charge >= 0.3 is 5.63 Å². The van der Waals surface area contributed by atoms with Crippen LogP contribution in [-0.2, 0) is 0 Å². The highest BCUT2D eigenvalue weighted by atomic mass is 16.4.